The Morgan fingerprint density at radius 3 is 2.71 bits per heavy atom. The van der Waals surface area contributed by atoms with Crippen LogP contribution < -0.4 is 5.32 Å². The highest BCUT2D eigenvalue weighted by atomic mass is 32.1. The van der Waals surface area contributed by atoms with Gasteiger partial charge in [0.15, 0.2) is 5.82 Å². The molecular formula is C13H17N3S. The van der Waals surface area contributed by atoms with Gasteiger partial charge in [-0.05, 0) is 25.5 Å². The number of aromatic nitrogens is 2. The van der Waals surface area contributed by atoms with Gasteiger partial charge in [-0.25, -0.2) is 9.97 Å². The third kappa shape index (κ3) is 2.82. The van der Waals surface area contributed by atoms with Crippen LogP contribution in [0.15, 0.2) is 18.2 Å². The Hall–Kier alpha value is -1.42. The molecule has 0 aromatic carbocycles. The predicted molar refractivity (Wildman–Crippen MR) is 73.6 cm³/mol. The molecule has 2 aromatic rings. The number of nitrogens with zero attached hydrogens (tertiary/aromatic N) is 2. The van der Waals surface area contributed by atoms with Crippen LogP contribution in [0.2, 0.25) is 0 Å². The first-order valence-corrected chi connectivity index (χ1v) is 6.67. The highest BCUT2D eigenvalue weighted by molar-refractivity contribution is 7.15. The number of hydrogen-bond donors (Lipinski definition) is 1. The molecular weight excluding hydrogens is 230 g/mol. The molecule has 1 N–H and O–H groups in total. The lowest BCUT2D eigenvalue weighted by molar-refractivity contribution is 0.876. The van der Waals surface area contributed by atoms with Crippen LogP contribution >= 0.6 is 11.3 Å². The van der Waals surface area contributed by atoms with Crippen molar-refractivity contribution in [1.29, 1.82) is 0 Å². The zero-order chi connectivity index (χ0) is 12.3. The Balaban J connectivity index is 2.42. The average molecular weight is 247 g/mol. The second-order valence-corrected chi connectivity index (χ2v) is 5.27. The zero-order valence-corrected chi connectivity index (χ0v) is 11.3. The summed E-state index contributed by atoms with van der Waals surface area (Å²) in [6.45, 7) is 4.26. The molecule has 0 bridgehead atoms. The van der Waals surface area contributed by atoms with E-state index < -0.39 is 0 Å². The molecule has 2 rings (SSSR count). The van der Waals surface area contributed by atoms with Crippen molar-refractivity contribution < 1.29 is 0 Å². The zero-order valence-electron chi connectivity index (χ0n) is 10.4. The number of thiophene rings is 1. The van der Waals surface area contributed by atoms with E-state index in [0.717, 1.165) is 35.1 Å². The molecule has 0 aliphatic rings. The smallest absolute Gasteiger partial charge is 0.171 e. The van der Waals surface area contributed by atoms with Gasteiger partial charge in [-0.2, -0.15) is 0 Å². The van der Waals surface area contributed by atoms with Crippen molar-refractivity contribution >= 4 is 17.2 Å². The van der Waals surface area contributed by atoms with E-state index in [2.05, 4.69) is 41.3 Å². The Morgan fingerprint density at radius 1 is 1.29 bits per heavy atom. The van der Waals surface area contributed by atoms with E-state index in [9.17, 15) is 0 Å². The minimum atomic E-state index is 0.832. The number of rotatable bonds is 4. The van der Waals surface area contributed by atoms with Crippen molar-refractivity contribution in [2.45, 2.75) is 26.7 Å². The fraction of sp³-hybridized carbons (Fsp3) is 0.385. The Kier molecular flexibility index (Phi) is 3.74. The van der Waals surface area contributed by atoms with Crippen LogP contribution in [0.25, 0.3) is 10.7 Å². The molecule has 0 atom stereocenters. The normalized spacial score (nSPS) is 10.5. The van der Waals surface area contributed by atoms with E-state index in [4.69, 9.17) is 0 Å². The minimum Gasteiger partial charge on any atom is -0.373 e. The second kappa shape index (κ2) is 5.27. The maximum absolute atomic E-state index is 4.61. The molecule has 0 unspecified atom stereocenters. The Labute approximate surface area is 106 Å². The van der Waals surface area contributed by atoms with Gasteiger partial charge in [0, 0.05) is 23.7 Å². The summed E-state index contributed by atoms with van der Waals surface area (Å²) in [6, 6.07) is 6.22. The maximum atomic E-state index is 4.61. The highest BCUT2D eigenvalue weighted by Gasteiger charge is 2.07. The molecule has 3 nitrogen and oxygen atoms in total. The first-order valence-electron chi connectivity index (χ1n) is 5.85. The van der Waals surface area contributed by atoms with Crippen LogP contribution in [-0.4, -0.2) is 17.0 Å². The van der Waals surface area contributed by atoms with Crippen LogP contribution in [0.3, 0.4) is 0 Å². The van der Waals surface area contributed by atoms with E-state index in [1.54, 1.807) is 11.3 Å². The van der Waals surface area contributed by atoms with Gasteiger partial charge in [0.2, 0.25) is 0 Å². The third-order valence-electron chi connectivity index (χ3n) is 2.50. The summed E-state index contributed by atoms with van der Waals surface area (Å²) in [4.78, 5) is 11.5. The lowest BCUT2D eigenvalue weighted by Crippen LogP contribution is -2.00. The summed E-state index contributed by atoms with van der Waals surface area (Å²) in [5, 5.41) is 3.10. The summed E-state index contributed by atoms with van der Waals surface area (Å²) >= 11 is 1.73. The topological polar surface area (TPSA) is 37.8 Å². The van der Waals surface area contributed by atoms with Gasteiger partial charge in [-0.3, -0.25) is 0 Å². The third-order valence-corrected chi connectivity index (χ3v) is 3.50. The quantitative estimate of drug-likeness (QED) is 0.898. The molecule has 17 heavy (non-hydrogen) atoms. The molecule has 0 aliphatic heterocycles. The predicted octanol–water partition coefficient (Wildman–Crippen LogP) is 3.51. The van der Waals surface area contributed by atoms with Crippen molar-refractivity contribution in [2.75, 3.05) is 12.4 Å². The SMILES string of the molecule is CCCc1cc(NC)nc(-c2ccc(C)s2)n1. The van der Waals surface area contributed by atoms with Crippen molar-refractivity contribution in [3.63, 3.8) is 0 Å². The molecule has 90 valence electrons. The summed E-state index contributed by atoms with van der Waals surface area (Å²) < 4.78 is 0. The molecule has 0 spiro atoms. The van der Waals surface area contributed by atoms with Crippen LogP contribution in [0, 0.1) is 6.92 Å². The lowest BCUT2D eigenvalue weighted by Gasteiger charge is -2.05. The molecule has 0 saturated carbocycles. The summed E-state index contributed by atoms with van der Waals surface area (Å²) in [5.41, 5.74) is 1.10. The standard InChI is InChI=1S/C13H17N3S/c1-4-5-10-8-12(14-3)16-13(15-10)11-7-6-9(2)17-11/h6-8H,4-5H2,1-3H3,(H,14,15,16). The molecule has 4 heteroatoms. The van der Waals surface area contributed by atoms with Gasteiger partial charge in [-0.15, -0.1) is 11.3 Å². The molecule has 2 heterocycles. The Bertz CT molecular complexity index is 505. The minimum absolute atomic E-state index is 0.832. The van der Waals surface area contributed by atoms with E-state index in [1.165, 1.54) is 4.88 Å². The van der Waals surface area contributed by atoms with Crippen LogP contribution in [-0.2, 0) is 6.42 Å². The maximum Gasteiger partial charge on any atom is 0.171 e. The van der Waals surface area contributed by atoms with Gasteiger partial charge >= 0.3 is 0 Å². The van der Waals surface area contributed by atoms with Gasteiger partial charge in [-0.1, -0.05) is 13.3 Å². The number of nitrogens with one attached hydrogen (secondary N) is 1. The van der Waals surface area contributed by atoms with Crippen LogP contribution in [0.5, 0.6) is 0 Å². The van der Waals surface area contributed by atoms with E-state index in [1.807, 2.05) is 13.1 Å². The molecule has 0 radical (unpaired) electrons. The lowest BCUT2D eigenvalue weighted by atomic mass is 10.2. The Morgan fingerprint density at radius 2 is 2.12 bits per heavy atom. The molecule has 0 fully saturated rings. The summed E-state index contributed by atoms with van der Waals surface area (Å²) in [5.74, 6) is 1.72. The number of anilines is 1. The first kappa shape index (κ1) is 12.0. The van der Waals surface area contributed by atoms with Crippen molar-refractivity contribution in [3.8, 4) is 10.7 Å². The molecule has 0 aliphatic carbocycles. The second-order valence-electron chi connectivity index (χ2n) is 3.98. The van der Waals surface area contributed by atoms with E-state index in [-0.39, 0.29) is 0 Å². The van der Waals surface area contributed by atoms with E-state index in [0.29, 0.717) is 0 Å². The van der Waals surface area contributed by atoms with Crippen molar-refractivity contribution in [2.24, 2.45) is 0 Å². The number of aryl methyl sites for hydroxylation is 2. The molecule has 0 saturated heterocycles. The van der Waals surface area contributed by atoms with Gasteiger partial charge in [0.25, 0.3) is 0 Å². The summed E-state index contributed by atoms with van der Waals surface area (Å²) in [6.07, 6.45) is 2.09. The van der Waals surface area contributed by atoms with Crippen LogP contribution in [0.4, 0.5) is 5.82 Å². The fourth-order valence-corrected chi connectivity index (χ4v) is 2.48. The van der Waals surface area contributed by atoms with Crippen LogP contribution in [0.1, 0.15) is 23.9 Å². The summed E-state index contributed by atoms with van der Waals surface area (Å²) in [7, 11) is 1.89. The molecule has 2 aromatic heterocycles. The van der Waals surface area contributed by atoms with Crippen molar-refractivity contribution in [1.82, 2.24) is 9.97 Å². The monoisotopic (exact) mass is 247 g/mol. The fourth-order valence-electron chi connectivity index (χ4n) is 1.67. The molecule has 0 amide bonds. The van der Waals surface area contributed by atoms with Gasteiger partial charge in [0.05, 0.1) is 4.88 Å². The van der Waals surface area contributed by atoms with E-state index >= 15 is 0 Å². The number of hydrogen-bond acceptors (Lipinski definition) is 4. The highest BCUT2D eigenvalue weighted by Crippen LogP contribution is 2.26. The van der Waals surface area contributed by atoms with Crippen molar-refractivity contribution in [3.05, 3.63) is 28.8 Å². The first-order chi connectivity index (χ1) is 8.22. The average Bonchev–Trinajstić information content (AvgIpc) is 2.76. The largest absolute Gasteiger partial charge is 0.373 e. The van der Waals surface area contributed by atoms with Gasteiger partial charge < -0.3 is 5.32 Å². The van der Waals surface area contributed by atoms with Gasteiger partial charge in [0.1, 0.15) is 5.82 Å².